The van der Waals surface area contributed by atoms with Crippen LogP contribution in [-0.4, -0.2) is 16.2 Å². The van der Waals surface area contributed by atoms with Gasteiger partial charge in [0.2, 0.25) is 0 Å². The van der Waals surface area contributed by atoms with Crippen molar-refractivity contribution >= 4 is 5.97 Å². The molecule has 0 fully saturated rings. The van der Waals surface area contributed by atoms with E-state index in [1.165, 1.54) is 0 Å². The number of carbonyl (C=O) groups is 1. The fourth-order valence-corrected chi connectivity index (χ4v) is 2.13. The molecule has 0 saturated carbocycles. The Morgan fingerprint density at radius 3 is 2.25 bits per heavy atom. The lowest BCUT2D eigenvalue weighted by atomic mass is 9.97. The number of carboxylic acids is 1. The van der Waals surface area contributed by atoms with E-state index in [-0.39, 0.29) is 12.2 Å². The fourth-order valence-electron chi connectivity index (χ4n) is 2.13. The molecule has 0 radical (unpaired) electrons. The van der Waals surface area contributed by atoms with E-state index in [0.29, 0.717) is 5.92 Å². The van der Waals surface area contributed by atoms with Gasteiger partial charge in [-0.25, -0.2) is 0 Å². The summed E-state index contributed by atoms with van der Waals surface area (Å²) in [7, 11) is 0. The molecule has 3 heteroatoms. The summed E-state index contributed by atoms with van der Waals surface area (Å²) in [5.74, 6) is -0.225. The van der Waals surface area contributed by atoms with Crippen LogP contribution in [0.2, 0.25) is 0 Å². The van der Waals surface area contributed by atoms with Gasteiger partial charge in [-0.3, -0.25) is 4.79 Å². The highest BCUT2D eigenvalue weighted by Gasteiger charge is 2.08. The Labute approximate surface area is 118 Å². The van der Waals surface area contributed by atoms with Crippen LogP contribution in [0.1, 0.15) is 30.9 Å². The second-order valence-corrected chi connectivity index (χ2v) is 5.20. The van der Waals surface area contributed by atoms with Gasteiger partial charge in [-0.2, -0.15) is 0 Å². The second-order valence-electron chi connectivity index (χ2n) is 5.20. The Morgan fingerprint density at radius 2 is 1.75 bits per heavy atom. The topological polar surface area (TPSA) is 57.5 Å². The molecular weight excluding hydrogens is 252 g/mol. The summed E-state index contributed by atoms with van der Waals surface area (Å²) in [5.41, 5.74) is 3.48. The molecule has 104 valence electrons. The lowest BCUT2D eigenvalue weighted by Crippen LogP contribution is -1.99. The molecule has 0 aromatic heterocycles. The van der Waals surface area contributed by atoms with E-state index < -0.39 is 5.97 Å². The van der Waals surface area contributed by atoms with Gasteiger partial charge in [-0.15, -0.1) is 0 Å². The van der Waals surface area contributed by atoms with E-state index in [1.807, 2.05) is 24.3 Å². The zero-order chi connectivity index (χ0) is 14.7. The smallest absolute Gasteiger partial charge is 0.307 e. The first-order valence-corrected chi connectivity index (χ1v) is 6.61. The molecule has 2 N–H and O–H groups in total. The Bertz CT molecular complexity index is 613. The summed E-state index contributed by atoms with van der Waals surface area (Å²) in [6.07, 6.45) is 0.0124. The highest BCUT2D eigenvalue weighted by molar-refractivity contribution is 5.73. The molecule has 0 saturated heterocycles. The molecule has 0 atom stereocenters. The first-order valence-electron chi connectivity index (χ1n) is 6.61. The van der Waals surface area contributed by atoms with E-state index in [9.17, 15) is 9.90 Å². The number of rotatable bonds is 4. The summed E-state index contributed by atoms with van der Waals surface area (Å²) in [5, 5.41) is 18.9. The SMILES string of the molecule is CC(C)c1ccc(-c2ccc(CC(=O)O)cc2)c(O)c1. The maximum absolute atomic E-state index is 10.6. The summed E-state index contributed by atoms with van der Waals surface area (Å²) in [4.78, 5) is 10.6. The van der Waals surface area contributed by atoms with Crippen molar-refractivity contribution in [2.75, 3.05) is 0 Å². The minimum atomic E-state index is -0.845. The van der Waals surface area contributed by atoms with Crippen molar-refractivity contribution < 1.29 is 15.0 Å². The molecule has 0 aliphatic heterocycles. The maximum atomic E-state index is 10.6. The first kappa shape index (κ1) is 14.1. The fraction of sp³-hybridized carbons (Fsp3) is 0.235. The number of benzene rings is 2. The van der Waals surface area contributed by atoms with E-state index >= 15 is 0 Å². The number of aromatic hydroxyl groups is 1. The second kappa shape index (κ2) is 5.78. The Morgan fingerprint density at radius 1 is 1.10 bits per heavy atom. The molecule has 2 rings (SSSR count). The van der Waals surface area contributed by atoms with Gasteiger partial charge in [0, 0.05) is 5.56 Å². The van der Waals surface area contributed by atoms with Crippen LogP contribution in [0.5, 0.6) is 5.75 Å². The number of aliphatic carboxylic acids is 1. The standard InChI is InChI=1S/C17H18O3/c1-11(2)14-7-8-15(16(18)10-14)13-5-3-12(4-6-13)9-17(19)20/h3-8,10-11,18H,9H2,1-2H3,(H,19,20). The molecule has 20 heavy (non-hydrogen) atoms. The molecular formula is C17H18O3. The lowest BCUT2D eigenvalue weighted by Gasteiger charge is -2.10. The minimum Gasteiger partial charge on any atom is -0.507 e. The third-order valence-corrected chi connectivity index (χ3v) is 3.31. The van der Waals surface area contributed by atoms with Crippen molar-refractivity contribution in [2.24, 2.45) is 0 Å². The van der Waals surface area contributed by atoms with Crippen molar-refractivity contribution in [2.45, 2.75) is 26.2 Å². The summed E-state index contributed by atoms with van der Waals surface area (Å²) in [6, 6.07) is 12.9. The van der Waals surface area contributed by atoms with Gasteiger partial charge in [0.25, 0.3) is 0 Å². The number of carboxylic acid groups (broad SMARTS) is 1. The van der Waals surface area contributed by atoms with Crippen LogP contribution in [0, 0.1) is 0 Å². The highest BCUT2D eigenvalue weighted by atomic mass is 16.4. The van der Waals surface area contributed by atoms with Crippen molar-refractivity contribution in [3.63, 3.8) is 0 Å². The molecule has 0 unspecified atom stereocenters. The molecule has 0 aliphatic carbocycles. The predicted octanol–water partition coefficient (Wildman–Crippen LogP) is 3.81. The molecule has 2 aromatic carbocycles. The van der Waals surface area contributed by atoms with Gasteiger partial charge in [-0.05, 0) is 28.7 Å². The average Bonchev–Trinajstić information content (AvgIpc) is 2.39. The normalized spacial score (nSPS) is 10.8. The van der Waals surface area contributed by atoms with Gasteiger partial charge in [-0.1, -0.05) is 50.2 Å². The van der Waals surface area contributed by atoms with Crippen LogP contribution in [0.4, 0.5) is 0 Å². The van der Waals surface area contributed by atoms with Crippen LogP contribution in [-0.2, 0) is 11.2 Å². The third-order valence-electron chi connectivity index (χ3n) is 3.31. The highest BCUT2D eigenvalue weighted by Crippen LogP contribution is 2.32. The first-order chi connectivity index (χ1) is 9.47. The molecule has 0 aliphatic rings. The molecule has 3 nitrogen and oxygen atoms in total. The van der Waals surface area contributed by atoms with Crippen molar-refractivity contribution in [1.82, 2.24) is 0 Å². The number of phenolic OH excluding ortho intramolecular Hbond substituents is 1. The van der Waals surface area contributed by atoms with Gasteiger partial charge in [0.15, 0.2) is 0 Å². The molecule has 0 heterocycles. The van der Waals surface area contributed by atoms with E-state index in [4.69, 9.17) is 5.11 Å². The number of hydrogen-bond donors (Lipinski definition) is 2. The van der Waals surface area contributed by atoms with Crippen LogP contribution in [0.3, 0.4) is 0 Å². The van der Waals surface area contributed by atoms with Crippen molar-refractivity contribution in [1.29, 1.82) is 0 Å². The summed E-state index contributed by atoms with van der Waals surface area (Å²) >= 11 is 0. The molecule has 0 amide bonds. The monoisotopic (exact) mass is 270 g/mol. The van der Waals surface area contributed by atoms with Crippen molar-refractivity contribution in [3.8, 4) is 16.9 Å². The van der Waals surface area contributed by atoms with Crippen LogP contribution in [0.25, 0.3) is 11.1 Å². The molecule has 2 aromatic rings. The largest absolute Gasteiger partial charge is 0.507 e. The van der Waals surface area contributed by atoms with Gasteiger partial charge in [0.05, 0.1) is 6.42 Å². The van der Waals surface area contributed by atoms with E-state index in [1.54, 1.807) is 18.2 Å². The van der Waals surface area contributed by atoms with Gasteiger partial charge < -0.3 is 10.2 Å². The maximum Gasteiger partial charge on any atom is 0.307 e. The Hall–Kier alpha value is -2.29. The lowest BCUT2D eigenvalue weighted by molar-refractivity contribution is -0.136. The molecule has 0 bridgehead atoms. The zero-order valence-electron chi connectivity index (χ0n) is 11.6. The average molecular weight is 270 g/mol. The van der Waals surface area contributed by atoms with Crippen LogP contribution < -0.4 is 0 Å². The van der Waals surface area contributed by atoms with Crippen LogP contribution in [0.15, 0.2) is 42.5 Å². The summed E-state index contributed by atoms with van der Waals surface area (Å²) < 4.78 is 0. The minimum absolute atomic E-state index is 0.0124. The van der Waals surface area contributed by atoms with Gasteiger partial charge >= 0.3 is 5.97 Å². The number of hydrogen-bond acceptors (Lipinski definition) is 2. The van der Waals surface area contributed by atoms with E-state index in [2.05, 4.69) is 13.8 Å². The van der Waals surface area contributed by atoms with Crippen LogP contribution >= 0.6 is 0 Å². The number of phenols is 1. The van der Waals surface area contributed by atoms with Crippen molar-refractivity contribution in [3.05, 3.63) is 53.6 Å². The quantitative estimate of drug-likeness (QED) is 0.888. The van der Waals surface area contributed by atoms with E-state index in [0.717, 1.165) is 22.3 Å². The Kier molecular flexibility index (Phi) is 4.08. The molecule has 0 spiro atoms. The third kappa shape index (κ3) is 3.18. The predicted molar refractivity (Wildman–Crippen MR) is 79.0 cm³/mol. The zero-order valence-corrected chi connectivity index (χ0v) is 11.6. The summed E-state index contributed by atoms with van der Waals surface area (Å²) in [6.45, 7) is 4.16. The van der Waals surface area contributed by atoms with Gasteiger partial charge in [0.1, 0.15) is 5.75 Å². The Balaban J connectivity index is 2.30.